The van der Waals surface area contributed by atoms with Crippen molar-refractivity contribution in [3.05, 3.63) is 34.0 Å². The van der Waals surface area contributed by atoms with Crippen molar-refractivity contribution in [1.82, 2.24) is 25.0 Å². The zero-order valence-corrected chi connectivity index (χ0v) is 18.1. The number of aromatic nitrogens is 3. The Labute approximate surface area is 180 Å². The molecule has 7 nitrogen and oxygen atoms in total. The molecule has 160 valence electrons. The molecule has 30 heavy (non-hydrogen) atoms. The van der Waals surface area contributed by atoms with E-state index in [0.717, 1.165) is 68.9 Å². The third-order valence-electron chi connectivity index (χ3n) is 7.17. The molecule has 1 N–H and O–H groups in total. The van der Waals surface area contributed by atoms with Crippen LogP contribution >= 0.6 is 11.3 Å². The molecular formula is C22H29N5O2S. The lowest BCUT2D eigenvalue weighted by Crippen LogP contribution is -2.37. The molecular weight excluding hydrogens is 398 g/mol. The van der Waals surface area contributed by atoms with E-state index in [1.54, 1.807) is 0 Å². The van der Waals surface area contributed by atoms with Gasteiger partial charge in [-0.2, -0.15) is 0 Å². The van der Waals surface area contributed by atoms with E-state index in [0.29, 0.717) is 5.82 Å². The van der Waals surface area contributed by atoms with Gasteiger partial charge in [-0.1, -0.05) is 25.3 Å². The average molecular weight is 428 g/mol. The highest BCUT2D eigenvalue weighted by molar-refractivity contribution is 7.12. The van der Waals surface area contributed by atoms with Crippen LogP contribution in [0.1, 0.15) is 77.5 Å². The van der Waals surface area contributed by atoms with Gasteiger partial charge in [0.1, 0.15) is 5.82 Å². The van der Waals surface area contributed by atoms with Crippen LogP contribution in [0.4, 0.5) is 0 Å². The molecule has 2 aromatic rings. The Hall–Kier alpha value is -2.22. The maximum atomic E-state index is 12.9. The van der Waals surface area contributed by atoms with Crippen molar-refractivity contribution in [3.8, 4) is 0 Å². The van der Waals surface area contributed by atoms with Crippen molar-refractivity contribution in [1.29, 1.82) is 0 Å². The van der Waals surface area contributed by atoms with E-state index in [1.807, 2.05) is 27.0 Å². The minimum atomic E-state index is -0.0856. The monoisotopic (exact) mass is 427 g/mol. The second kappa shape index (κ2) is 8.13. The summed E-state index contributed by atoms with van der Waals surface area (Å²) in [4.78, 5) is 28.5. The molecule has 8 heteroatoms. The Kier molecular flexibility index (Phi) is 5.35. The third-order valence-corrected chi connectivity index (χ3v) is 8.03. The number of thiophene rings is 1. The molecule has 0 unspecified atom stereocenters. The number of aryl methyl sites for hydroxylation is 1. The molecule has 0 bridgehead atoms. The molecule has 2 aliphatic heterocycles. The number of nitrogens with one attached hydrogen (secondary N) is 1. The second-order valence-corrected chi connectivity index (χ2v) is 10.1. The lowest BCUT2D eigenvalue weighted by atomic mass is 9.80. The minimum Gasteiger partial charge on any atom is -0.347 e. The smallest absolute Gasteiger partial charge is 0.289 e. The number of carbonyl (C=O) groups excluding carboxylic acids is 2. The summed E-state index contributed by atoms with van der Waals surface area (Å²) in [6.45, 7) is 2.36. The van der Waals surface area contributed by atoms with E-state index in [-0.39, 0.29) is 23.3 Å². The molecule has 2 aromatic heterocycles. The van der Waals surface area contributed by atoms with Crippen molar-refractivity contribution < 1.29 is 9.59 Å². The van der Waals surface area contributed by atoms with Crippen LogP contribution in [0, 0.1) is 5.41 Å². The van der Waals surface area contributed by atoms with Gasteiger partial charge in [0.25, 0.3) is 11.8 Å². The summed E-state index contributed by atoms with van der Waals surface area (Å²) in [6.07, 6.45) is 9.53. The van der Waals surface area contributed by atoms with E-state index < -0.39 is 0 Å². The summed E-state index contributed by atoms with van der Waals surface area (Å²) in [5, 5.41) is 13.7. The van der Waals surface area contributed by atoms with Gasteiger partial charge in [-0.15, -0.1) is 21.5 Å². The quantitative estimate of drug-likeness (QED) is 0.815. The fourth-order valence-electron chi connectivity index (χ4n) is 5.34. The highest BCUT2D eigenvalue weighted by Crippen LogP contribution is 2.41. The summed E-state index contributed by atoms with van der Waals surface area (Å²) in [6, 6.07) is 4.10. The highest BCUT2D eigenvalue weighted by atomic mass is 32.1. The normalized spacial score (nSPS) is 24.6. The number of hydrogen-bond acceptors (Lipinski definition) is 5. The summed E-state index contributed by atoms with van der Waals surface area (Å²) in [7, 11) is 0. The Balaban J connectivity index is 1.25. The largest absolute Gasteiger partial charge is 0.347 e. The number of hydrogen-bond donors (Lipinski definition) is 1. The van der Waals surface area contributed by atoms with Crippen LogP contribution in [0.25, 0.3) is 0 Å². The van der Waals surface area contributed by atoms with Gasteiger partial charge in [-0.05, 0) is 49.0 Å². The molecule has 1 aliphatic carbocycles. The third kappa shape index (κ3) is 3.77. The Morgan fingerprint density at radius 3 is 2.73 bits per heavy atom. The standard InChI is InChI=1S/C22H29N5O2S/c28-20(23-16-5-2-1-3-6-16)19-25-24-18-8-9-22(11-13-27(18)19)10-12-26(15-22)21(29)17-7-4-14-30-17/h4,7,14,16H,1-3,5-6,8-13,15H2,(H,23,28)/t22-/m0/s1. The summed E-state index contributed by atoms with van der Waals surface area (Å²) < 4.78 is 2.02. The van der Waals surface area contributed by atoms with Gasteiger partial charge in [0.05, 0.1) is 4.88 Å². The molecule has 3 aliphatic rings. The summed E-state index contributed by atoms with van der Waals surface area (Å²) in [5.41, 5.74) is 0.116. The van der Waals surface area contributed by atoms with Crippen LogP contribution in [-0.2, 0) is 13.0 Å². The van der Waals surface area contributed by atoms with Gasteiger partial charge in [0, 0.05) is 32.1 Å². The van der Waals surface area contributed by atoms with Gasteiger partial charge in [0.15, 0.2) is 0 Å². The zero-order valence-electron chi connectivity index (χ0n) is 17.3. The molecule has 2 amide bonds. The van der Waals surface area contributed by atoms with Crippen LogP contribution in [0.2, 0.25) is 0 Å². The number of carbonyl (C=O) groups is 2. The first-order chi connectivity index (χ1) is 14.6. The fraction of sp³-hybridized carbons (Fsp3) is 0.636. The van der Waals surface area contributed by atoms with Crippen molar-refractivity contribution >= 4 is 23.2 Å². The van der Waals surface area contributed by atoms with Crippen LogP contribution in [0.15, 0.2) is 17.5 Å². The average Bonchev–Trinajstić information content (AvgIpc) is 3.49. The molecule has 4 heterocycles. The molecule has 1 atom stereocenters. The summed E-state index contributed by atoms with van der Waals surface area (Å²) in [5.74, 6) is 1.43. The lowest BCUT2D eigenvalue weighted by molar-refractivity contribution is 0.0772. The molecule has 0 aromatic carbocycles. The van der Waals surface area contributed by atoms with E-state index in [2.05, 4.69) is 15.5 Å². The topological polar surface area (TPSA) is 80.1 Å². The maximum Gasteiger partial charge on any atom is 0.289 e. The number of nitrogens with zero attached hydrogens (tertiary/aromatic N) is 4. The van der Waals surface area contributed by atoms with E-state index in [1.165, 1.54) is 30.6 Å². The number of likely N-dealkylation sites (tertiary alicyclic amines) is 1. The van der Waals surface area contributed by atoms with E-state index in [4.69, 9.17) is 0 Å². The first-order valence-corrected chi connectivity index (χ1v) is 12.1. The van der Waals surface area contributed by atoms with Gasteiger partial charge < -0.3 is 14.8 Å². The van der Waals surface area contributed by atoms with Gasteiger partial charge in [-0.25, -0.2) is 0 Å². The van der Waals surface area contributed by atoms with Crippen molar-refractivity contribution in [2.45, 2.75) is 70.4 Å². The maximum absolute atomic E-state index is 12.9. The van der Waals surface area contributed by atoms with Crippen molar-refractivity contribution in [2.24, 2.45) is 5.41 Å². The Morgan fingerprint density at radius 1 is 1.10 bits per heavy atom. The van der Waals surface area contributed by atoms with Gasteiger partial charge >= 0.3 is 0 Å². The SMILES string of the molecule is O=C(NC1CCCCC1)c1nnc2n1CC[C@]1(CC2)CCN(C(=O)c2cccs2)C1. The van der Waals surface area contributed by atoms with E-state index >= 15 is 0 Å². The van der Waals surface area contributed by atoms with Crippen LogP contribution in [-0.4, -0.2) is 50.6 Å². The van der Waals surface area contributed by atoms with Crippen LogP contribution in [0.5, 0.6) is 0 Å². The first kappa shape index (κ1) is 19.7. The summed E-state index contributed by atoms with van der Waals surface area (Å²) >= 11 is 1.51. The molecule has 1 spiro atoms. The molecule has 0 radical (unpaired) electrons. The van der Waals surface area contributed by atoms with E-state index in [9.17, 15) is 9.59 Å². The first-order valence-electron chi connectivity index (χ1n) is 11.2. The van der Waals surface area contributed by atoms with Crippen LogP contribution < -0.4 is 5.32 Å². The molecule has 1 saturated heterocycles. The number of rotatable bonds is 3. The molecule has 5 rings (SSSR count). The predicted octanol–water partition coefficient (Wildman–Crippen LogP) is 3.27. The second-order valence-electron chi connectivity index (χ2n) is 9.10. The molecule has 2 fully saturated rings. The fourth-order valence-corrected chi connectivity index (χ4v) is 6.03. The van der Waals surface area contributed by atoms with Crippen LogP contribution in [0.3, 0.4) is 0 Å². The Morgan fingerprint density at radius 2 is 1.93 bits per heavy atom. The zero-order chi connectivity index (χ0) is 20.6. The van der Waals surface area contributed by atoms with Gasteiger partial charge in [-0.3, -0.25) is 9.59 Å². The Bertz CT molecular complexity index is 918. The minimum absolute atomic E-state index is 0.0856. The van der Waals surface area contributed by atoms with Crippen molar-refractivity contribution in [2.75, 3.05) is 13.1 Å². The van der Waals surface area contributed by atoms with Crippen molar-refractivity contribution in [3.63, 3.8) is 0 Å². The highest BCUT2D eigenvalue weighted by Gasteiger charge is 2.42. The number of amides is 2. The number of fused-ring (bicyclic) bond motifs is 1. The van der Waals surface area contributed by atoms with Gasteiger partial charge in [0.2, 0.25) is 5.82 Å². The predicted molar refractivity (Wildman–Crippen MR) is 115 cm³/mol. The lowest BCUT2D eigenvalue weighted by Gasteiger charge is -2.27. The molecule has 1 saturated carbocycles.